The second kappa shape index (κ2) is 9.51. The van der Waals surface area contributed by atoms with E-state index in [4.69, 9.17) is 14.2 Å². The number of amides is 1. The molecule has 1 aromatic carbocycles. The molecule has 0 radical (unpaired) electrons. The molecule has 2 heterocycles. The predicted molar refractivity (Wildman–Crippen MR) is 121 cm³/mol. The molecule has 2 aliphatic carbocycles. The number of ether oxygens (including phenoxy) is 3. The van der Waals surface area contributed by atoms with Crippen molar-refractivity contribution in [2.24, 2.45) is 0 Å². The molecule has 0 N–H and O–H groups in total. The van der Waals surface area contributed by atoms with Crippen LogP contribution in [-0.2, 0) is 6.61 Å². The van der Waals surface area contributed by atoms with E-state index in [1.54, 1.807) is 11.3 Å². The normalized spacial score (nSPS) is 19.4. The Morgan fingerprint density at radius 2 is 1.61 bits per heavy atom. The van der Waals surface area contributed by atoms with Gasteiger partial charge < -0.3 is 19.1 Å². The maximum Gasteiger partial charge on any atom is 0.264 e. The van der Waals surface area contributed by atoms with E-state index in [1.807, 2.05) is 24.3 Å². The third-order valence-electron chi connectivity index (χ3n) is 6.78. The molecule has 0 unspecified atom stereocenters. The van der Waals surface area contributed by atoms with E-state index in [-0.39, 0.29) is 12.7 Å². The van der Waals surface area contributed by atoms with E-state index in [9.17, 15) is 4.79 Å². The number of benzene rings is 1. The lowest BCUT2D eigenvalue weighted by atomic mass is 9.88. The lowest BCUT2D eigenvalue weighted by Crippen LogP contribution is -2.48. The molecule has 2 aromatic rings. The molecule has 166 valence electrons. The van der Waals surface area contributed by atoms with Crippen molar-refractivity contribution in [3.63, 3.8) is 0 Å². The fourth-order valence-electron chi connectivity index (χ4n) is 5.17. The zero-order valence-corrected chi connectivity index (χ0v) is 18.8. The average molecular weight is 442 g/mol. The van der Waals surface area contributed by atoms with Crippen LogP contribution in [0.1, 0.15) is 79.4 Å². The molecular formula is C25H31NO4S. The monoisotopic (exact) mass is 441 g/mol. The minimum atomic E-state index is 0.234. The summed E-state index contributed by atoms with van der Waals surface area (Å²) in [5, 5.41) is 2.06. The number of carbonyl (C=O) groups is 1. The van der Waals surface area contributed by atoms with Crippen molar-refractivity contribution in [1.29, 1.82) is 0 Å². The lowest BCUT2D eigenvalue weighted by molar-refractivity contribution is 0.0453. The van der Waals surface area contributed by atoms with Gasteiger partial charge in [0.15, 0.2) is 11.5 Å². The summed E-state index contributed by atoms with van der Waals surface area (Å²) in [6, 6.07) is 8.47. The summed E-state index contributed by atoms with van der Waals surface area (Å²) in [6.07, 6.45) is 12.3. The number of carbonyl (C=O) groups excluding carboxylic acids is 1. The van der Waals surface area contributed by atoms with Crippen LogP contribution in [0.2, 0.25) is 0 Å². The van der Waals surface area contributed by atoms with Crippen LogP contribution in [0.3, 0.4) is 0 Å². The lowest BCUT2D eigenvalue weighted by Gasteiger charge is -2.41. The van der Waals surface area contributed by atoms with E-state index < -0.39 is 0 Å². The standard InChI is InChI=1S/C25H31NO4S/c27-25(26(19-7-3-1-4-8-19)20-9-5-2-6-10-20)24-13-18(16-31-24)15-28-21-11-12-22-23(14-21)30-17-29-22/h11-14,16,19-20H,1-10,15,17H2. The Balaban J connectivity index is 1.26. The Kier molecular flexibility index (Phi) is 6.35. The van der Waals surface area contributed by atoms with Crippen molar-refractivity contribution < 1.29 is 19.0 Å². The zero-order valence-electron chi connectivity index (χ0n) is 18.0. The second-order valence-corrected chi connectivity index (χ2v) is 9.83. The summed E-state index contributed by atoms with van der Waals surface area (Å²) in [4.78, 5) is 16.8. The van der Waals surface area contributed by atoms with Gasteiger partial charge in [-0.15, -0.1) is 11.3 Å². The molecule has 1 aliphatic heterocycles. The Morgan fingerprint density at radius 1 is 0.935 bits per heavy atom. The van der Waals surface area contributed by atoms with E-state index in [2.05, 4.69) is 10.3 Å². The van der Waals surface area contributed by atoms with Crippen molar-refractivity contribution >= 4 is 17.2 Å². The third-order valence-corrected chi connectivity index (χ3v) is 7.75. The van der Waals surface area contributed by atoms with Gasteiger partial charge in [0.2, 0.25) is 6.79 Å². The van der Waals surface area contributed by atoms with Gasteiger partial charge in [0.1, 0.15) is 12.4 Å². The SMILES string of the molecule is O=C(c1cc(COc2ccc3c(c2)OCO3)cs1)N(C1CCCCC1)C1CCCCC1. The third kappa shape index (κ3) is 4.69. The molecule has 5 rings (SSSR count). The topological polar surface area (TPSA) is 48.0 Å². The van der Waals surface area contributed by atoms with Crippen LogP contribution in [0.5, 0.6) is 17.2 Å². The fourth-order valence-corrected chi connectivity index (χ4v) is 6.01. The maximum absolute atomic E-state index is 13.6. The van der Waals surface area contributed by atoms with Gasteiger partial charge in [-0.05, 0) is 49.3 Å². The summed E-state index contributed by atoms with van der Waals surface area (Å²) >= 11 is 1.55. The van der Waals surface area contributed by atoms with Gasteiger partial charge in [-0.1, -0.05) is 38.5 Å². The van der Waals surface area contributed by atoms with Gasteiger partial charge in [-0.25, -0.2) is 0 Å². The molecule has 6 heteroatoms. The van der Waals surface area contributed by atoms with Gasteiger partial charge in [-0.2, -0.15) is 0 Å². The molecule has 0 spiro atoms. The number of nitrogens with zero attached hydrogens (tertiary/aromatic N) is 1. The summed E-state index contributed by atoms with van der Waals surface area (Å²) in [7, 11) is 0. The van der Waals surface area contributed by atoms with Crippen LogP contribution >= 0.6 is 11.3 Å². The first-order chi connectivity index (χ1) is 15.3. The molecule has 2 fully saturated rings. The van der Waals surface area contributed by atoms with Crippen LogP contribution in [0.25, 0.3) is 0 Å². The van der Waals surface area contributed by atoms with Crippen LogP contribution in [0.15, 0.2) is 29.6 Å². The number of hydrogen-bond donors (Lipinski definition) is 0. The molecule has 2 saturated carbocycles. The van der Waals surface area contributed by atoms with Crippen molar-refractivity contribution in [2.75, 3.05) is 6.79 Å². The number of rotatable bonds is 6. The quantitative estimate of drug-likeness (QED) is 0.538. The first kappa shape index (κ1) is 20.7. The van der Waals surface area contributed by atoms with E-state index >= 15 is 0 Å². The Bertz CT molecular complexity index is 881. The summed E-state index contributed by atoms with van der Waals surface area (Å²) in [5.41, 5.74) is 1.04. The largest absolute Gasteiger partial charge is 0.489 e. The molecule has 0 bridgehead atoms. The van der Waals surface area contributed by atoms with E-state index in [0.29, 0.717) is 24.4 Å². The van der Waals surface area contributed by atoms with Gasteiger partial charge in [0.25, 0.3) is 5.91 Å². The van der Waals surface area contributed by atoms with Gasteiger partial charge in [-0.3, -0.25) is 4.79 Å². The van der Waals surface area contributed by atoms with Crippen molar-refractivity contribution in [1.82, 2.24) is 4.90 Å². The zero-order chi connectivity index (χ0) is 21.0. The molecule has 3 aliphatic rings. The molecule has 31 heavy (non-hydrogen) atoms. The predicted octanol–water partition coefficient (Wildman–Crippen LogP) is 6.16. The highest BCUT2D eigenvalue weighted by Crippen LogP contribution is 2.36. The maximum atomic E-state index is 13.6. The van der Waals surface area contributed by atoms with Crippen LogP contribution in [0, 0.1) is 0 Å². The second-order valence-electron chi connectivity index (χ2n) is 8.92. The fraction of sp³-hybridized carbons (Fsp3) is 0.560. The van der Waals surface area contributed by atoms with Gasteiger partial charge in [0, 0.05) is 23.7 Å². The number of thiophene rings is 1. The van der Waals surface area contributed by atoms with Crippen molar-refractivity contribution in [2.45, 2.75) is 82.9 Å². The molecule has 0 atom stereocenters. The Hall–Kier alpha value is -2.21. The highest BCUT2D eigenvalue weighted by atomic mass is 32.1. The van der Waals surface area contributed by atoms with Gasteiger partial charge in [0.05, 0.1) is 4.88 Å². The summed E-state index contributed by atoms with van der Waals surface area (Å²) in [5.74, 6) is 2.45. The molecular weight excluding hydrogens is 410 g/mol. The number of hydrogen-bond acceptors (Lipinski definition) is 5. The van der Waals surface area contributed by atoms with Crippen molar-refractivity contribution in [3.05, 3.63) is 40.1 Å². The van der Waals surface area contributed by atoms with Crippen molar-refractivity contribution in [3.8, 4) is 17.2 Å². The van der Waals surface area contributed by atoms with E-state index in [0.717, 1.165) is 47.6 Å². The Labute approximate surface area is 188 Å². The smallest absolute Gasteiger partial charge is 0.264 e. The van der Waals surface area contributed by atoms with Crippen LogP contribution < -0.4 is 14.2 Å². The highest BCUT2D eigenvalue weighted by molar-refractivity contribution is 7.12. The van der Waals surface area contributed by atoms with Gasteiger partial charge >= 0.3 is 0 Å². The van der Waals surface area contributed by atoms with E-state index in [1.165, 1.54) is 38.5 Å². The first-order valence-corrected chi connectivity index (χ1v) is 12.6. The average Bonchev–Trinajstić information content (AvgIpc) is 3.48. The minimum Gasteiger partial charge on any atom is -0.489 e. The summed E-state index contributed by atoms with van der Waals surface area (Å²) in [6.45, 7) is 0.698. The van der Waals surface area contributed by atoms with Crippen LogP contribution in [0.4, 0.5) is 0 Å². The number of fused-ring (bicyclic) bond motifs is 1. The molecule has 5 nitrogen and oxygen atoms in total. The molecule has 1 amide bonds. The summed E-state index contributed by atoms with van der Waals surface area (Å²) < 4.78 is 16.7. The van der Waals surface area contributed by atoms with Crippen LogP contribution in [-0.4, -0.2) is 29.7 Å². The Morgan fingerprint density at radius 3 is 2.32 bits per heavy atom. The first-order valence-electron chi connectivity index (χ1n) is 11.7. The minimum absolute atomic E-state index is 0.234. The molecule has 1 aromatic heterocycles. The molecule has 0 saturated heterocycles. The highest BCUT2D eigenvalue weighted by Gasteiger charge is 2.33.